The molecular formula is C56H45BN2OS. The number of anilines is 3. The predicted molar refractivity (Wildman–Crippen MR) is 261 cm³/mol. The van der Waals surface area contributed by atoms with Crippen LogP contribution in [-0.2, 0) is 11.8 Å². The Balaban J connectivity index is 1.19. The van der Waals surface area contributed by atoms with Crippen LogP contribution in [0.4, 0.5) is 17.1 Å². The molecule has 3 nitrogen and oxygen atoms in total. The van der Waals surface area contributed by atoms with Crippen LogP contribution in [0.1, 0.15) is 51.7 Å². The Bertz CT molecular complexity index is 3340. The van der Waals surface area contributed by atoms with Crippen LogP contribution in [0.15, 0.2) is 178 Å². The molecule has 0 spiro atoms. The van der Waals surface area contributed by atoms with Crippen LogP contribution in [0.3, 0.4) is 0 Å². The van der Waals surface area contributed by atoms with Crippen LogP contribution in [0, 0.1) is 0 Å². The largest absolute Gasteiger partial charge is 0.456 e. The van der Waals surface area contributed by atoms with E-state index in [0.717, 1.165) is 36.1 Å². The third kappa shape index (κ3) is 5.67. The van der Waals surface area contributed by atoms with E-state index in [9.17, 15) is 0 Å². The normalized spacial score (nSPS) is 13.3. The molecule has 10 aromatic rings. The summed E-state index contributed by atoms with van der Waals surface area (Å²) >= 11 is 1.93. The van der Waals surface area contributed by atoms with Crippen LogP contribution >= 0.6 is 11.8 Å². The maximum Gasteiger partial charge on any atom is 0.249 e. The van der Waals surface area contributed by atoms with Crippen molar-refractivity contribution in [2.24, 2.45) is 0 Å². The van der Waals surface area contributed by atoms with E-state index in [1.54, 1.807) is 0 Å². The summed E-state index contributed by atoms with van der Waals surface area (Å²) in [6.45, 7) is 9.39. The number of furan rings is 1. The zero-order valence-electron chi connectivity index (χ0n) is 35.0. The Hall–Kier alpha value is -6.43. The first kappa shape index (κ1) is 36.4. The summed E-state index contributed by atoms with van der Waals surface area (Å²) in [6, 6.07) is 61.3. The molecule has 0 amide bonds. The lowest BCUT2D eigenvalue weighted by molar-refractivity contribution is 0.589. The Kier molecular flexibility index (Phi) is 8.24. The first-order chi connectivity index (χ1) is 29.8. The van der Waals surface area contributed by atoms with Gasteiger partial charge in [0.1, 0.15) is 11.2 Å². The predicted octanol–water partition coefficient (Wildman–Crippen LogP) is 13.8. The summed E-state index contributed by atoms with van der Waals surface area (Å²) in [4.78, 5) is 5.29. The van der Waals surface area contributed by atoms with Gasteiger partial charge >= 0.3 is 0 Å². The van der Waals surface area contributed by atoms with Crippen molar-refractivity contribution in [2.45, 2.75) is 62.2 Å². The number of aromatic nitrogens is 1. The fourth-order valence-electron chi connectivity index (χ4n) is 10.2. The minimum absolute atomic E-state index is 0.0476. The maximum atomic E-state index is 6.72. The molecular weight excluding hydrogens is 760 g/mol. The number of hydrogen-bond acceptors (Lipinski definition) is 3. The Morgan fingerprint density at radius 3 is 2.03 bits per heavy atom. The van der Waals surface area contributed by atoms with Crippen LogP contribution in [-0.4, -0.2) is 11.3 Å². The number of rotatable bonds is 6. The average molecular weight is 805 g/mol. The highest BCUT2D eigenvalue weighted by Crippen LogP contribution is 2.47. The number of nitrogens with zero attached hydrogens (tertiary/aromatic N) is 2. The van der Waals surface area contributed by atoms with E-state index in [4.69, 9.17) is 4.42 Å². The molecule has 0 fully saturated rings. The van der Waals surface area contributed by atoms with Gasteiger partial charge in [-0.15, -0.1) is 0 Å². The lowest BCUT2D eigenvalue weighted by Gasteiger charge is -2.42. The third-order valence-electron chi connectivity index (χ3n) is 13.2. The molecule has 0 bridgehead atoms. The van der Waals surface area contributed by atoms with Crippen molar-refractivity contribution >= 4 is 95.7 Å². The van der Waals surface area contributed by atoms with Crippen molar-refractivity contribution in [2.75, 3.05) is 4.90 Å². The minimum Gasteiger partial charge on any atom is -0.456 e. The van der Waals surface area contributed by atoms with Gasteiger partial charge in [-0.1, -0.05) is 154 Å². The second kappa shape index (κ2) is 13.8. The lowest BCUT2D eigenvalue weighted by atomic mass is 9.34. The average Bonchev–Trinajstić information content (AvgIpc) is 3.82. The van der Waals surface area contributed by atoms with E-state index in [1.807, 2.05) is 11.8 Å². The number of unbranched alkanes of at least 4 members (excludes halogenated alkanes) is 1. The van der Waals surface area contributed by atoms with E-state index in [0.29, 0.717) is 0 Å². The van der Waals surface area contributed by atoms with Crippen LogP contribution in [0.5, 0.6) is 0 Å². The van der Waals surface area contributed by atoms with Gasteiger partial charge in [0, 0.05) is 54.5 Å². The highest BCUT2D eigenvalue weighted by molar-refractivity contribution is 8.00. The molecule has 5 heteroatoms. The van der Waals surface area contributed by atoms with Crippen molar-refractivity contribution < 1.29 is 4.42 Å². The van der Waals surface area contributed by atoms with E-state index < -0.39 is 0 Å². The van der Waals surface area contributed by atoms with Crippen LogP contribution in [0.25, 0.3) is 60.6 Å². The Morgan fingerprint density at radius 2 is 1.28 bits per heavy atom. The molecule has 0 saturated carbocycles. The Labute approximate surface area is 361 Å². The van der Waals surface area contributed by atoms with Crippen LogP contribution < -0.4 is 21.3 Å². The number of hydrogen-bond donors (Lipinski definition) is 0. The molecule has 0 unspecified atom stereocenters. The molecule has 0 atom stereocenters. The maximum absolute atomic E-state index is 6.72. The van der Waals surface area contributed by atoms with Gasteiger partial charge in [0.15, 0.2) is 0 Å². The molecule has 2 aliphatic heterocycles. The van der Waals surface area contributed by atoms with Crippen molar-refractivity contribution in [1.29, 1.82) is 0 Å². The molecule has 61 heavy (non-hydrogen) atoms. The zero-order chi connectivity index (χ0) is 41.0. The van der Waals surface area contributed by atoms with E-state index >= 15 is 0 Å². The smallest absolute Gasteiger partial charge is 0.249 e. The molecule has 2 aromatic heterocycles. The summed E-state index contributed by atoms with van der Waals surface area (Å²) in [7, 11) is 0. The Morgan fingerprint density at radius 1 is 0.557 bits per heavy atom. The van der Waals surface area contributed by atoms with Gasteiger partial charge in [-0.25, -0.2) is 0 Å². The summed E-state index contributed by atoms with van der Waals surface area (Å²) < 4.78 is 9.19. The molecule has 0 radical (unpaired) electrons. The van der Waals surface area contributed by atoms with Gasteiger partial charge in [-0.05, 0) is 106 Å². The fraction of sp³-hybridized carbons (Fsp3) is 0.143. The highest BCUT2D eigenvalue weighted by atomic mass is 32.2. The van der Waals surface area contributed by atoms with Gasteiger partial charge in [0.05, 0.1) is 16.7 Å². The first-order valence-electron chi connectivity index (χ1n) is 21.8. The monoisotopic (exact) mass is 804 g/mol. The minimum atomic E-state index is -0.0659. The number of fused-ring (bicyclic) bond motifs is 10. The third-order valence-corrected chi connectivity index (χ3v) is 14.3. The molecule has 2 aliphatic rings. The standard InChI is InChI=1S/C56H45BN2OS/c1-5-6-16-37-29-43-42-21-12-15-24-51(42)60-52(43)34-48(37)59-49-33-39(58-46-22-13-10-19-40(46)41-20-11-14-23-47(41)58)26-27-44(49)57-45-30-36(35-17-8-7-9-18-35)25-28-53(45)61-54-32-38(56(2,3)4)31-50(59)55(54)57/h7-15,17-34H,5-6,16H2,1-4H3. The molecule has 0 N–H and O–H groups in total. The molecule has 0 aliphatic carbocycles. The van der Waals surface area contributed by atoms with Gasteiger partial charge in [0.2, 0.25) is 6.71 Å². The van der Waals surface area contributed by atoms with Gasteiger partial charge in [0.25, 0.3) is 0 Å². The van der Waals surface area contributed by atoms with Gasteiger partial charge in [-0.2, -0.15) is 0 Å². The summed E-state index contributed by atoms with van der Waals surface area (Å²) in [5.41, 5.74) is 18.3. The summed E-state index contributed by atoms with van der Waals surface area (Å²) in [6.07, 6.45) is 3.19. The van der Waals surface area contributed by atoms with Gasteiger partial charge < -0.3 is 13.9 Å². The number of para-hydroxylation sites is 3. The number of benzene rings is 8. The molecule has 12 rings (SSSR count). The molecule has 0 saturated heterocycles. The SMILES string of the molecule is CCCCc1cc2c(cc1N1c3cc(-n4c5ccccc5c5ccccc54)ccc3B3c4cc(-c5ccccc5)ccc4Sc4cc(C(C)(C)C)cc1c43)oc1ccccc12. The summed E-state index contributed by atoms with van der Waals surface area (Å²) in [5, 5.41) is 4.88. The number of aryl methyl sites for hydroxylation is 1. The molecule has 294 valence electrons. The second-order valence-corrected chi connectivity index (χ2v) is 19.0. The molecule has 4 heterocycles. The van der Waals surface area contributed by atoms with Gasteiger partial charge in [-0.3, -0.25) is 0 Å². The lowest BCUT2D eigenvalue weighted by Crippen LogP contribution is -2.60. The van der Waals surface area contributed by atoms with Crippen molar-refractivity contribution in [3.8, 4) is 16.8 Å². The highest BCUT2D eigenvalue weighted by Gasteiger charge is 2.42. The second-order valence-electron chi connectivity index (χ2n) is 17.9. The van der Waals surface area contributed by atoms with Crippen molar-refractivity contribution in [3.63, 3.8) is 0 Å². The van der Waals surface area contributed by atoms with E-state index in [1.165, 1.54) is 98.1 Å². The first-order valence-corrected chi connectivity index (χ1v) is 22.6. The molecule has 8 aromatic carbocycles. The van der Waals surface area contributed by atoms with Crippen molar-refractivity contribution in [1.82, 2.24) is 4.57 Å². The van der Waals surface area contributed by atoms with E-state index in [2.05, 4.69) is 201 Å². The van der Waals surface area contributed by atoms with Crippen LogP contribution in [0.2, 0.25) is 0 Å². The fourth-order valence-corrected chi connectivity index (χ4v) is 11.3. The zero-order valence-corrected chi connectivity index (χ0v) is 35.8. The van der Waals surface area contributed by atoms with E-state index in [-0.39, 0.29) is 12.1 Å². The topological polar surface area (TPSA) is 21.3 Å². The quantitative estimate of drug-likeness (QED) is 0.156. The summed E-state index contributed by atoms with van der Waals surface area (Å²) in [5.74, 6) is 0. The van der Waals surface area contributed by atoms with Crippen molar-refractivity contribution in [3.05, 3.63) is 175 Å².